The zero-order chi connectivity index (χ0) is 19.9. The summed E-state index contributed by atoms with van der Waals surface area (Å²) in [7, 11) is 1.85. The number of nitrogens with one attached hydrogen (secondary N) is 2. The summed E-state index contributed by atoms with van der Waals surface area (Å²) in [6, 6.07) is 0.886. The third kappa shape index (κ3) is 7.26. The second-order valence-corrected chi connectivity index (χ2v) is 9.38. The van der Waals surface area contributed by atoms with Crippen LogP contribution in [0, 0.1) is 11.8 Å². The molecule has 6 nitrogen and oxygen atoms in total. The fourth-order valence-electron chi connectivity index (χ4n) is 5.12. The Labute approximate surface area is 194 Å². The topological polar surface area (TPSA) is 60.0 Å². The molecule has 3 fully saturated rings. The minimum absolute atomic E-state index is 0. The maximum absolute atomic E-state index is 12.7. The molecule has 2 atom stereocenters. The smallest absolute Gasteiger partial charge is 0.225 e. The summed E-state index contributed by atoms with van der Waals surface area (Å²) in [6.45, 7) is 9.72. The molecule has 1 aliphatic carbocycles. The van der Waals surface area contributed by atoms with E-state index in [1.54, 1.807) is 0 Å². The van der Waals surface area contributed by atoms with Gasteiger partial charge in [0.1, 0.15) is 0 Å². The lowest BCUT2D eigenvalue weighted by atomic mass is 10.0. The quantitative estimate of drug-likeness (QED) is 0.309. The normalized spacial score (nSPS) is 24.8. The number of rotatable bonds is 7. The van der Waals surface area contributed by atoms with Gasteiger partial charge in [0.15, 0.2) is 5.96 Å². The molecular weight excluding hydrogens is 477 g/mol. The third-order valence-electron chi connectivity index (χ3n) is 6.67. The van der Waals surface area contributed by atoms with Crippen LogP contribution in [0.25, 0.3) is 0 Å². The Kier molecular flexibility index (Phi) is 10.5. The van der Waals surface area contributed by atoms with Crippen molar-refractivity contribution < 1.29 is 4.79 Å². The maximum atomic E-state index is 12.7. The predicted octanol–water partition coefficient (Wildman–Crippen LogP) is 3.07. The summed E-state index contributed by atoms with van der Waals surface area (Å²) in [5, 5.41) is 7.14. The Bertz CT molecular complexity index is 529. The summed E-state index contributed by atoms with van der Waals surface area (Å²) in [5.41, 5.74) is 0. The molecule has 2 unspecified atom stereocenters. The van der Waals surface area contributed by atoms with Crippen molar-refractivity contribution >= 4 is 35.8 Å². The van der Waals surface area contributed by atoms with Gasteiger partial charge in [-0.1, -0.05) is 26.7 Å². The fourth-order valence-corrected chi connectivity index (χ4v) is 5.12. The summed E-state index contributed by atoms with van der Waals surface area (Å²) < 4.78 is 0. The van der Waals surface area contributed by atoms with Gasteiger partial charge in [0.25, 0.3) is 0 Å². The van der Waals surface area contributed by atoms with Crippen LogP contribution in [-0.4, -0.2) is 73.5 Å². The van der Waals surface area contributed by atoms with Crippen molar-refractivity contribution in [1.29, 1.82) is 0 Å². The van der Waals surface area contributed by atoms with E-state index in [9.17, 15) is 4.79 Å². The number of guanidine groups is 1. The number of carbonyl (C=O) groups excluding carboxylic acids is 1. The first kappa shape index (κ1) is 24.7. The van der Waals surface area contributed by atoms with Crippen LogP contribution in [0.15, 0.2) is 4.99 Å². The van der Waals surface area contributed by atoms with Crippen LogP contribution in [0.5, 0.6) is 0 Å². The Balaban J connectivity index is 0.00000300. The number of likely N-dealkylation sites (tertiary alicyclic amines) is 2. The van der Waals surface area contributed by atoms with Crippen LogP contribution in [0.2, 0.25) is 0 Å². The van der Waals surface area contributed by atoms with Crippen molar-refractivity contribution in [1.82, 2.24) is 20.4 Å². The molecular formula is C22H42IN5O. The molecule has 1 saturated carbocycles. The van der Waals surface area contributed by atoms with Gasteiger partial charge in [-0.15, -0.1) is 24.0 Å². The predicted molar refractivity (Wildman–Crippen MR) is 131 cm³/mol. The van der Waals surface area contributed by atoms with Crippen molar-refractivity contribution in [3.63, 3.8) is 0 Å². The first-order valence-corrected chi connectivity index (χ1v) is 11.6. The number of carbonyl (C=O) groups is 1. The van der Waals surface area contributed by atoms with Crippen molar-refractivity contribution in [2.75, 3.05) is 39.8 Å². The molecule has 0 aromatic rings. The van der Waals surface area contributed by atoms with Gasteiger partial charge in [0.05, 0.1) is 0 Å². The van der Waals surface area contributed by atoms with Gasteiger partial charge in [0, 0.05) is 44.7 Å². The number of aliphatic imine (C=N–C) groups is 1. The van der Waals surface area contributed by atoms with Crippen LogP contribution < -0.4 is 10.6 Å². The first-order chi connectivity index (χ1) is 13.6. The molecule has 2 heterocycles. The zero-order valence-electron chi connectivity index (χ0n) is 18.7. The molecule has 1 amide bonds. The van der Waals surface area contributed by atoms with E-state index in [0.29, 0.717) is 23.9 Å². The van der Waals surface area contributed by atoms with Crippen LogP contribution in [0.3, 0.4) is 0 Å². The lowest BCUT2D eigenvalue weighted by Gasteiger charge is -2.30. The van der Waals surface area contributed by atoms with E-state index in [4.69, 9.17) is 0 Å². The van der Waals surface area contributed by atoms with Crippen LogP contribution in [0.1, 0.15) is 65.2 Å². The van der Waals surface area contributed by atoms with E-state index in [0.717, 1.165) is 44.9 Å². The van der Waals surface area contributed by atoms with E-state index in [1.807, 2.05) is 7.05 Å². The maximum Gasteiger partial charge on any atom is 0.225 e. The summed E-state index contributed by atoms with van der Waals surface area (Å²) >= 11 is 0. The molecule has 168 valence electrons. The molecule has 3 aliphatic rings. The number of amides is 1. The number of nitrogens with zero attached hydrogens (tertiary/aromatic N) is 3. The van der Waals surface area contributed by atoms with Gasteiger partial charge < -0.3 is 15.5 Å². The second kappa shape index (κ2) is 12.3. The Morgan fingerprint density at radius 1 is 1.07 bits per heavy atom. The summed E-state index contributed by atoms with van der Waals surface area (Å²) in [6.07, 6.45) is 9.50. The summed E-state index contributed by atoms with van der Waals surface area (Å²) in [5.74, 6) is 2.25. The zero-order valence-corrected chi connectivity index (χ0v) is 21.0. The van der Waals surface area contributed by atoms with Gasteiger partial charge in [-0.05, 0) is 57.5 Å². The standard InChI is InChI=1S/C22H41N5O.HI/c1-17(2)14-20(26-11-6-7-12-26)15-24-22(23-3)25-19-10-13-27(16-19)21(28)18-8-4-5-9-18;/h17-20H,4-16H2,1-3H3,(H2,23,24,25);1H. The van der Waals surface area contributed by atoms with Crippen molar-refractivity contribution in [2.24, 2.45) is 16.8 Å². The first-order valence-electron chi connectivity index (χ1n) is 11.6. The monoisotopic (exact) mass is 519 g/mol. The van der Waals surface area contributed by atoms with Gasteiger partial charge >= 0.3 is 0 Å². The molecule has 0 aromatic carbocycles. The number of hydrogen-bond donors (Lipinski definition) is 2. The molecule has 0 spiro atoms. The Hall–Kier alpha value is -0.570. The molecule has 0 radical (unpaired) electrons. The Morgan fingerprint density at radius 3 is 2.38 bits per heavy atom. The van der Waals surface area contributed by atoms with E-state index >= 15 is 0 Å². The van der Waals surface area contributed by atoms with Crippen molar-refractivity contribution in [3.8, 4) is 0 Å². The molecule has 0 bridgehead atoms. The van der Waals surface area contributed by atoms with Gasteiger partial charge in [0.2, 0.25) is 5.91 Å². The van der Waals surface area contributed by atoms with Crippen LogP contribution in [0.4, 0.5) is 0 Å². The van der Waals surface area contributed by atoms with Crippen molar-refractivity contribution in [3.05, 3.63) is 0 Å². The van der Waals surface area contributed by atoms with Crippen LogP contribution >= 0.6 is 24.0 Å². The highest BCUT2D eigenvalue weighted by Gasteiger charge is 2.32. The lowest BCUT2D eigenvalue weighted by molar-refractivity contribution is -0.134. The molecule has 2 saturated heterocycles. The highest BCUT2D eigenvalue weighted by molar-refractivity contribution is 14.0. The average molecular weight is 520 g/mol. The van der Waals surface area contributed by atoms with Crippen LogP contribution in [-0.2, 0) is 4.79 Å². The molecule has 3 rings (SSSR count). The molecule has 2 aliphatic heterocycles. The van der Waals surface area contributed by atoms with E-state index in [-0.39, 0.29) is 29.9 Å². The van der Waals surface area contributed by atoms with Gasteiger partial charge in [-0.25, -0.2) is 0 Å². The lowest BCUT2D eigenvalue weighted by Crippen LogP contribution is -2.50. The van der Waals surface area contributed by atoms with Gasteiger partial charge in [-0.3, -0.25) is 14.7 Å². The fraction of sp³-hybridized carbons (Fsp3) is 0.909. The Morgan fingerprint density at radius 2 is 1.76 bits per heavy atom. The highest BCUT2D eigenvalue weighted by atomic mass is 127. The van der Waals surface area contributed by atoms with E-state index in [1.165, 1.54) is 45.2 Å². The minimum Gasteiger partial charge on any atom is -0.355 e. The molecule has 2 N–H and O–H groups in total. The average Bonchev–Trinajstić information content (AvgIpc) is 3.45. The second-order valence-electron chi connectivity index (χ2n) is 9.38. The largest absolute Gasteiger partial charge is 0.355 e. The SMILES string of the molecule is CN=C(NCC(CC(C)C)N1CCCC1)NC1CCN(C(=O)C2CCCC2)C1.I. The minimum atomic E-state index is 0. The molecule has 7 heteroatoms. The number of halogens is 1. The van der Waals surface area contributed by atoms with Crippen molar-refractivity contribution in [2.45, 2.75) is 77.3 Å². The summed E-state index contributed by atoms with van der Waals surface area (Å²) in [4.78, 5) is 21.8. The third-order valence-corrected chi connectivity index (χ3v) is 6.67. The highest BCUT2D eigenvalue weighted by Crippen LogP contribution is 2.27. The number of hydrogen-bond acceptors (Lipinski definition) is 3. The van der Waals surface area contributed by atoms with E-state index in [2.05, 4.69) is 39.3 Å². The van der Waals surface area contributed by atoms with Gasteiger partial charge in [-0.2, -0.15) is 0 Å². The van der Waals surface area contributed by atoms with E-state index < -0.39 is 0 Å². The molecule has 0 aromatic heterocycles. The molecule has 29 heavy (non-hydrogen) atoms.